The number of nitrogens with two attached hydrogens (primary N) is 1. The van der Waals surface area contributed by atoms with Crippen LogP contribution in [-0.2, 0) is 9.47 Å². The van der Waals surface area contributed by atoms with Crippen LogP contribution < -0.4 is 27.1 Å². The number of thiazole rings is 1. The van der Waals surface area contributed by atoms with E-state index in [0.717, 1.165) is 12.3 Å². The van der Waals surface area contributed by atoms with Crippen molar-refractivity contribution >= 4 is 40.0 Å². The number of anilines is 2. The van der Waals surface area contributed by atoms with Gasteiger partial charge >= 0.3 is 17.6 Å². The smallest absolute Gasteiger partial charge is 0.351 e. The zero-order valence-corrected chi connectivity index (χ0v) is 25.2. The molecule has 0 spiro atoms. The molecule has 2 aliphatic heterocycles. The number of halogens is 2. The highest BCUT2D eigenvalue weighted by atomic mass is 32.1. The number of pyridine rings is 2. The van der Waals surface area contributed by atoms with Crippen LogP contribution in [0.3, 0.4) is 0 Å². The number of nitrogen functional groups attached to an aromatic ring is 1. The van der Waals surface area contributed by atoms with Gasteiger partial charge in [0, 0.05) is 44.2 Å². The van der Waals surface area contributed by atoms with Crippen molar-refractivity contribution < 1.29 is 38.4 Å². The number of ether oxygens (including phenoxy) is 2. The van der Waals surface area contributed by atoms with Gasteiger partial charge in [-0.15, -0.1) is 11.3 Å². The second-order valence-electron chi connectivity index (χ2n) is 10.3. The van der Waals surface area contributed by atoms with Gasteiger partial charge in [-0.25, -0.2) is 19.6 Å². The summed E-state index contributed by atoms with van der Waals surface area (Å²) in [6.45, 7) is 0.585. The van der Waals surface area contributed by atoms with E-state index >= 15 is 0 Å². The molecule has 4 aromatic rings. The highest BCUT2D eigenvalue weighted by molar-refractivity contribution is 7.12. The Balaban J connectivity index is 0.000000200. The van der Waals surface area contributed by atoms with Crippen LogP contribution in [0.15, 0.2) is 51.8 Å². The second kappa shape index (κ2) is 13.1. The third-order valence-corrected chi connectivity index (χ3v) is 8.39. The normalized spacial score (nSPS) is 23.8. The molecule has 19 heteroatoms. The minimum Gasteiger partial charge on any atom is -0.477 e. The van der Waals surface area contributed by atoms with E-state index in [1.165, 1.54) is 17.5 Å². The van der Waals surface area contributed by atoms with Crippen molar-refractivity contribution in [1.29, 1.82) is 0 Å². The van der Waals surface area contributed by atoms with Gasteiger partial charge in [-0.3, -0.25) is 13.9 Å². The summed E-state index contributed by atoms with van der Waals surface area (Å²) in [5, 5.41) is 33.3. The lowest BCUT2D eigenvalue weighted by molar-refractivity contribution is -0.140. The number of methoxy groups -OCH3 is 1. The van der Waals surface area contributed by atoms with Crippen LogP contribution >= 0.6 is 11.3 Å². The van der Waals surface area contributed by atoms with Crippen molar-refractivity contribution in [3.8, 4) is 5.13 Å². The van der Waals surface area contributed by atoms with E-state index in [1.807, 2.05) is 7.05 Å². The molecule has 6 N–H and O–H groups in total. The van der Waals surface area contributed by atoms with Crippen LogP contribution in [-0.4, -0.2) is 110 Å². The Morgan fingerprint density at radius 2 is 2.02 bits per heavy atom. The molecular weight excluding hydrogens is 634 g/mol. The molecule has 0 bridgehead atoms. The van der Waals surface area contributed by atoms with Crippen molar-refractivity contribution in [2.24, 2.45) is 0 Å². The fraction of sp³-hybridized carbons (Fsp3) is 0.407. The predicted octanol–water partition coefficient (Wildman–Crippen LogP) is -0.325. The highest BCUT2D eigenvalue weighted by Gasteiger charge is 2.59. The number of carboxylic acids is 1. The Bertz CT molecular complexity index is 1830. The molecule has 246 valence electrons. The zero-order chi connectivity index (χ0) is 33.3. The quantitative estimate of drug-likeness (QED) is 0.171. The standard InChI is InChI=1S/C18H19N5O4S.C9H11F2N3O4/c1-19-12-8-22(9-13(12)27-2)14-4-3-10-15(24)11(17(25)26)7-23(16(10)21-14)18-20-5-6-28-18;10-9(11)6(16)4(3-15)18-7(9)14-2-1-5(12)13-8(14)17/h3-7,12-13,19H,8-9H2,1-2H3,(H,25,26);1-2,4,6-7,15-16H,3H2,(H2,12,13,17)/t12-,13-;4-,6-,7-/m01/s1. The number of carbonyl (C=O) groups is 1. The molecule has 4 aromatic heterocycles. The lowest BCUT2D eigenvalue weighted by atomic mass is 10.1. The number of hydrogen-bond acceptors (Lipinski definition) is 14. The summed E-state index contributed by atoms with van der Waals surface area (Å²) in [6, 6.07) is 4.69. The summed E-state index contributed by atoms with van der Waals surface area (Å²) in [6.07, 6.45) is -1.75. The molecule has 0 amide bonds. The minimum atomic E-state index is -3.71. The summed E-state index contributed by atoms with van der Waals surface area (Å²) >= 11 is 1.34. The van der Waals surface area contributed by atoms with Gasteiger partial charge in [0.05, 0.1) is 24.1 Å². The third-order valence-electron chi connectivity index (χ3n) is 7.62. The molecule has 6 heterocycles. The zero-order valence-electron chi connectivity index (χ0n) is 24.4. The average molecular weight is 665 g/mol. The van der Waals surface area contributed by atoms with E-state index in [0.29, 0.717) is 34.3 Å². The highest BCUT2D eigenvalue weighted by Crippen LogP contribution is 2.42. The number of alkyl halides is 2. The molecule has 0 unspecified atom stereocenters. The summed E-state index contributed by atoms with van der Waals surface area (Å²) in [5.41, 5.74) is 3.72. The summed E-state index contributed by atoms with van der Waals surface area (Å²) in [4.78, 5) is 49.9. The van der Waals surface area contributed by atoms with Gasteiger partial charge in [-0.05, 0) is 25.2 Å². The average Bonchev–Trinajstić information content (AvgIpc) is 3.77. The number of nitrogens with zero attached hydrogens (tertiary/aromatic N) is 6. The van der Waals surface area contributed by atoms with Crippen molar-refractivity contribution in [3.05, 3.63) is 68.4 Å². The fourth-order valence-electron chi connectivity index (χ4n) is 5.20. The molecule has 6 rings (SSSR count). The van der Waals surface area contributed by atoms with Crippen molar-refractivity contribution in [3.63, 3.8) is 0 Å². The van der Waals surface area contributed by atoms with Gasteiger partial charge < -0.3 is 40.7 Å². The first-order valence-corrected chi connectivity index (χ1v) is 14.6. The van der Waals surface area contributed by atoms with Gasteiger partial charge in [-0.1, -0.05) is 0 Å². The maximum atomic E-state index is 13.7. The van der Waals surface area contributed by atoms with Gasteiger partial charge in [-0.2, -0.15) is 13.8 Å². The number of aliphatic hydroxyl groups is 2. The van der Waals surface area contributed by atoms with Gasteiger partial charge in [0.15, 0.2) is 16.9 Å². The first kappa shape index (κ1) is 33.0. The molecule has 5 atom stereocenters. The summed E-state index contributed by atoms with van der Waals surface area (Å²) in [7, 11) is 3.57. The van der Waals surface area contributed by atoms with Gasteiger partial charge in [0.2, 0.25) is 11.7 Å². The number of aromatic nitrogens is 5. The molecule has 46 heavy (non-hydrogen) atoms. The summed E-state index contributed by atoms with van der Waals surface area (Å²) in [5.74, 6) is -4.41. The van der Waals surface area contributed by atoms with Crippen molar-refractivity contribution in [2.75, 3.05) is 44.5 Å². The molecule has 16 nitrogen and oxygen atoms in total. The number of carboxylic acid groups (broad SMARTS) is 1. The minimum absolute atomic E-state index is 0.0260. The molecule has 0 aliphatic carbocycles. The number of likely N-dealkylation sites (N-methyl/N-ethyl adjacent to an activating group) is 1. The Labute approximate surface area is 262 Å². The van der Waals surface area contributed by atoms with E-state index in [9.17, 15) is 33.4 Å². The van der Waals surface area contributed by atoms with Crippen LogP contribution in [0.25, 0.3) is 16.2 Å². The number of aromatic carboxylic acids is 1. The van der Waals surface area contributed by atoms with Crippen LogP contribution in [0.2, 0.25) is 0 Å². The van der Waals surface area contributed by atoms with Crippen molar-refractivity contribution in [2.45, 2.75) is 36.5 Å². The maximum absolute atomic E-state index is 13.7. The van der Waals surface area contributed by atoms with Crippen LogP contribution in [0.4, 0.5) is 20.4 Å². The van der Waals surface area contributed by atoms with E-state index in [-0.39, 0.29) is 28.9 Å². The predicted molar refractivity (Wildman–Crippen MR) is 161 cm³/mol. The molecule has 0 saturated carbocycles. The van der Waals surface area contributed by atoms with Crippen LogP contribution in [0.1, 0.15) is 16.6 Å². The largest absolute Gasteiger partial charge is 0.477 e. The Hall–Kier alpha value is -4.40. The van der Waals surface area contributed by atoms with E-state index in [4.69, 9.17) is 25.3 Å². The molecule has 2 aliphatic rings. The van der Waals surface area contributed by atoms with E-state index < -0.39 is 48.1 Å². The van der Waals surface area contributed by atoms with Gasteiger partial charge in [0.1, 0.15) is 23.3 Å². The fourth-order valence-corrected chi connectivity index (χ4v) is 5.82. The number of hydrogen-bond donors (Lipinski definition) is 5. The van der Waals surface area contributed by atoms with Crippen molar-refractivity contribution in [1.82, 2.24) is 29.4 Å². The topological polar surface area (TPSA) is 220 Å². The molecule has 2 saturated heterocycles. The maximum Gasteiger partial charge on any atom is 0.351 e. The monoisotopic (exact) mass is 664 g/mol. The number of aliphatic hydroxyl groups excluding tert-OH is 2. The molecule has 0 aromatic carbocycles. The Morgan fingerprint density at radius 3 is 2.59 bits per heavy atom. The van der Waals surface area contributed by atoms with Crippen LogP contribution in [0, 0.1) is 0 Å². The Morgan fingerprint density at radius 1 is 1.26 bits per heavy atom. The first-order valence-electron chi connectivity index (χ1n) is 13.7. The van der Waals surface area contributed by atoms with Gasteiger partial charge in [0.25, 0.3) is 0 Å². The molecule has 0 radical (unpaired) electrons. The third kappa shape index (κ3) is 6.07. The van der Waals surface area contributed by atoms with E-state index in [2.05, 4.69) is 20.2 Å². The second-order valence-corrected chi connectivity index (χ2v) is 11.2. The van der Waals surface area contributed by atoms with Crippen LogP contribution in [0.5, 0.6) is 0 Å². The lowest BCUT2D eigenvalue weighted by Crippen LogP contribution is -2.41. The number of rotatable bonds is 7. The molecule has 2 fully saturated rings. The number of nitrogens with one attached hydrogen (secondary N) is 1. The van der Waals surface area contributed by atoms with E-state index in [1.54, 1.807) is 35.4 Å². The SMILES string of the molecule is CN[C@H]1CN(c2ccc3c(=O)c(C(=O)O)cn(-c4nccs4)c3n2)C[C@@H]1OC.Nc1ccn([C@@H]2O[C@H](CO)[C@@H](O)C2(F)F)c(=O)n1. The number of fused-ring (bicyclic) bond motifs is 1. The first-order chi connectivity index (χ1) is 21.9. The summed E-state index contributed by atoms with van der Waals surface area (Å²) < 4.78 is 39.8. The Kier molecular flexibility index (Phi) is 9.42. The molecular formula is C27H30F2N8O8S. The lowest BCUT2D eigenvalue weighted by Gasteiger charge is -2.20.